The highest BCUT2D eigenvalue weighted by Crippen LogP contribution is 2.32. The van der Waals surface area contributed by atoms with Crippen molar-refractivity contribution in [3.8, 4) is 11.5 Å². The number of ether oxygens (including phenoxy) is 2. The SMILES string of the molecule is Cl.O=C(CN1CCCC(C(=O)O)C1)NC(=O)Nc1ccc2c(c1)OCCCO2. The predicted molar refractivity (Wildman–Crippen MR) is 103 cm³/mol. The molecule has 9 nitrogen and oxygen atoms in total. The van der Waals surface area contributed by atoms with Gasteiger partial charge in [-0.25, -0.2) is 4.79 Å². The Kier molecular flexibility index (Phi) is 7.89. The number of aliphatic carboxylic acids is 1. The average Bonchev–Trinajstić information content (AvgIpc) is 2.86. The summed E-state index contributed by atoms with van der Waals surface area (Å²) in [4.78, 5) is 36.9. The van der Waals surface area contributed by atoms with Crippen molar-refractivity contribution in [2.24, 2.45) is 5.92 Å². The maximum atomic E-state index is 12.1. The van der Waals surface area contributed by atoms with Gasteiger partial charge in [-0.1, -0.05) is 0 Å². The van der Waals surface area contributed by atoms with Gasteiger partial charge in [0.05, 0.1) is 25.7 Å². The average molecular weight is 414 g/mol. The Hall–Kier alpha value is -2.52. The molecule has 1 aromatic carbocycles. The Morgan fingerprint density at radius 3 is 2.64 bits per heavy atom. The fourth-order valence-electron chi connectivity index (χ4n) is 3.17. The molecule has 3 N–H and O–H groups in total. The molecule has 1 saturated heterocycles. The van der Waals surface area contributed by atoms with Crippen molar-refractivity contribution in [2.75, 3.05) is 38.2 Å². The smallest absolute Gasteiger partial charge is 0.325 e. The first kappa shape index (κ1) is 21.8. The number of piperidine rings is 1. The highest BCUT2D eigenvalue weighted by molar-refractivity contribution is 6.01. The van der Waals surface area contributed by atoms with Crippen LogP contribution in [0.3, 0.4) is 0 Å². The van der Waals surface area contributed by atoms with Crippen LogP contribution in [0.4, 0.5) is 10.5 Å². The molecule has 2 aliphatic rings. The van der Waals surface area contributed by atoms with E-state index in [4.69, 9.17) is 14.6 Å². The number of rotatable bonds is 4. The van der Waals surface area contributed by atoms with Gasteiger partial charge in [0.25, 0.3) is 0 Å². The summed E-state index contributed by atoms with van der Waals surface area (Å²) in [6.45, 7) is 2.05. The summed E-state index contributed by atoms with van der Waals surface area (Å²) < 4.78 is 11.1. The lowest BCUT2D eigenvalue weighted by Crippen LogP contribution is -2.46. The first-order valence-electron chi connectivity index (χ1n) is 8.97. The molecule has 0 aromatic heterocycles. The molecular formula is C18H24ClN3O6. The van der Waals surface area contributed by atoms with Gasteiger partial charge < -0.3 is 19.9 Å². The lowest BCUT2D eigenvalue weighted by atomic mass is 9.98. The molecule has 2 aliphatic heterocycles. The van der Waals surface area contributed by atoms with E-state index in [-0.39, 0.29) is 19.0 Å². The first-order valence-corrected chi connectivity index (χ1v) is 8.97. The lowest BCUT2D eigenvalue weighted by Gasteiger charge is -2.29. The highest BCUT2D eigenvalue weighted by atomic mass is 35.5. The van der Waals surface area contributed by atoms with Crippen LogP contribution in [-0.4, -0.2) is 60.8 Å². The number of carboxylic acid groups (broad SMARTS) is 1. The second-order valence-electron chi connectivity index (χ2n) is 6.63. The molecule has 1 atom stereocenters. The van der Waals surface area contributed by atoms with Crippen molar-refractivity contribution >= 4 is 36.0 Å². The summed E-state index contributed by atoms with van der Waals surface area (Å²) in [6, 6.07) is 4.37. The van der Waals surface area contributed by atoms with Crippen LogP contribution < -0.4 is 20.1 Å². The van der Waals surface area contributed by atoms with E-state index in [0.29, 0.717) is 56.3 Å². The highest BCUT2D eigenvalue weighted by Gasteiger charge is 2.26. The molecule has 10 heteroatoms. The van der Waals surface area contributed by atoms with E-state index in [1.807, 2.05) is 0 Å². The summed E-state index contributed by atoms with van der Waals surface area (Å²) in [5, 5.41) is 13.9. The minimum absolute atomic E-state index is 0. The third-order valence-corrected chi connectivity index (χ3v) is 4.48. The Morgan fingerprint density at radius 2 is 1.89 bits per heavy atom. The summed E-state index contributed by atoms with van der Waals surface area (Å²) in [5.41, 5.74) is 0.480. The number of fused-ring (bicyclic) bond motifs is 1. The number of amides is 3. The Balaban J connectivity index is 0.00000280. The number of anilines is 1. The van der Waals surface area contributed by atoms with Crippen molar-refractivity contribution in [1.82, 2.24) is 10.2 Å². The Bertz CT molecular complexity index is 729. The molecule has 3 rings (SSSR count). The molecule has 1 fully saturated rings. The van der Waals surface area contributed by atoms with E-state index in [1.165, 1.54) is 0 Å². The first-order chi connectivity index (χ1) is 13.0. The van der Waals surface area contributed by atoms with Crippen LogP contribution in [0.2, 0.25) is 0 Å². The summed E-state index contributed by atoms with van der Waals surface area (Å²) in [6.07, 6.45) is 2.11. The largest absolute Gasteiger partial charge is 0.490 e. The van der Waals surface area contributed by atoms with Crippen LogP contribution in [0.1, 0.15) is 19.3 Å². The van der Waals surface area contributed by atoms with E-state index < -0.39 is 23.8 Å². The fourth-order valence-corrected chi connectivity index (χ4v) is 3.17. The molecule has 3 amide bonds. The number of likely N-dealkylation sites (tertiary alicyclic amines) is 1. The van der Waals surface area contributed by atoms with Crippen molar-refractivity contribution in [3.63, 3.8) is 0 Å². The third-order valence-electron chi connectivity index (χ3n) is 4.48. The van der Waals surface area contributed by atoms with Gasteiger partial charge in [0.1, 0.15) is 0 Å². The predicted octanol–water partition coefficient (Wildman–Crippen LogP) is 1.71. The fraction of sp³-hybridized carbons (Fsp3) is 0.500. The van der Waals surface area contributed by atoms with Crippen LogP contribution in [0, 0.1) is 5.92 Å². The number of nitrogens with one attached hydrogen (secondary N) is 2. The summed E-state index contributed by atoms with van der Waals surface area (Å²) >= 11 is 0. The molecule has 0 radical (unpaired) electrons. The van der Waals surface area contributed by atoms with Gasteiger partial charge in [-0.3, -0.25) is 19.8 Å². The number of imide groups is 1. The number of carbonyl (C=O) groups is 3. The number of hydrogen-bond acceptors (Lipinski definition) is 6. The molecule has 2 heterocycles. The van der Waals surface area contributed by atoms with E-state index in [0.717, 1.165) is 6.42 Å². The van der Waals surface area contributed by atoms with E-state index in [9.17, 15) is 14.4 Å². The summed E-state index contributed by atoms with van der Waals surface area (Å²) in [5.74, 6) is -0.639. The van der Waals surface area contributed by atoms with E-state index in [1.54, 1.807) is 23.1 Å². The normalized spacial score (nSPS) is 18.9. The minimum Gasteiger partial charge on any atom is -0.490 e. The van der Waals surface area contributed by atoms with Crippen LogP contribution in [0.15, 0.2) is 18.2 Å². The molecule has 28 heavy (non-hydrogen) atoms. The number of carbonyl (C=O) groups excluding carboxylic acids is 2. The maximum Gasteiger partial charge on any atom is 0.325 e. The van der Waals surface area contributed by atoms with Crippen LogP contribution in [-0.2, 0) is 9.59 Å². The molecule has 154 valence electrons. The number of hydrogen-bond donors (Lipinski definition) is 3. The molecular weight excluding hydrogens is 390 g/mol. The van der Waals surface area contributed by atoms with Crippen LogP contribution in [0.5, 0.6) is 11.5 Å². The zero-order chi connectivity index (χ0) is 19.2. The molecule has 1 aromatic rings. The van der Waals surface area contributed by atoms with Gasteiger partial charge in [-0.15, -0.1) is 12.4 Å². The zero-order valence-electron chi connectivity index (χ0n) is 15.3. The third kappa shape index (κ3) is 6.00. The number of nitrogens with zero attached hydrogens (tertiary/aromatic N) is 1. The van der Waals surface area contributed by atoms with Gasteiger partial charge >= 0.3 is 12.0 Å². The van der Waals surface area contributed by atoms with Gasteiger partial charge in [0, 0.05) is 24.7 Å². The van der Waals surface area contributed by atoms with E-state index >= 15 is 0 Å². The zero-order valence-corrected chi connectivity index (χ0v) is 16.1. The number of carboxylic acids is 1. The molecule has 0 spiro atoms. The van der Waals surface area contributed by atoms with Gasteiger partial charge in [-0.2, -0.15) is 0 Å². The lowest BCUT2D eigenvalue weighted by molar-refractivity contribution is -0.144. The number of halogens is 1. The molecule has 1 unspecified atom stereocenters. The topological polar surface area (TPSA) is 117 Å². The molecule has 0 bridgehead atoms. The molecule has 0 aliphatic carbocycles. The van der Waals surface area contributed by atoms with Crippen molar-refractivity contribution < 1.29 is 29.0 Å². The Labute approximate surface area is 168 Å². The van der Waals surface area contributed by atoms with Crippen molar-refractivity contribution in [1.29, 1.82) is 0 Å². The minimum atomic E-state index is -0.854. The molecule has 0 saturated carbocycles. The van der Waals surface area contributed by atoms with Crippen LogP contribution >= 0.6 is 12.4 Å². The standard InChI is InChI=1S/C18H23N3O6.ClH/c22-16(11-21-6-1-3-12(10-21)17(23)24)20-18(25)19-13-4-5-14-15(9-13)27-8-2-7-26-14;/h4-5,9,12H,1-3,6-8,10-11H2,(H,23,24)(H2,19,20,22,25);1H. The number of benzene rings is 1. The maximum absolute atomic E-state index is 12.1. The Morgan fingerprint density at radius 1 is 1.14 bits per heavy atom. The van der Waals surface area contributed by atoms with Gasteiger partial charge in [0.15, 0.2) is 11.5 Å². The van der Waals surface area contributed by atoms with Crippen LogP contribution in [0.25, 0.3) is 0 Å². The van der Waals surface area contributed by atoms with Gasteiger partial charge in [-0.05, 0) is 31.5 Å². The van der Waals surface area contributed by atoms with Gasteiger partial charge in [0.2, 0.25) is 5.91 Å². The van der Waals surface area contributed by atoms with E-state index in [2.05, 4.69) is 10.6 Å². The summed E-state index contributed by atoms with van der Waals surface area (Å²) in [7, 11) is 0. The second-order valence-corrected chi connectivity index (χ2v) is 6.63. The van der Waals surface area contributed by atoms with Crippen molar-refractivity contribution in [2.45, 2.75) is 19.3 Å². The second kappa shape index (κ2) is 10.1. The monoisotopic (exact) mass is 413 g/mol. The van der Waals surface area contributed by atoms with Crippen molar-refractivity contribution in [3.05, 3.63) is 18.2 Å². The number of urea groups is 1. The quantitative estimate of drug-likeness (QED) is 0.687.